The molecule has 45 heavy (non-hydrogen) atoms. The van der Waals surface area contributed by atoms with Gasteiger partial charge in [-0.15, -0.1) is 0 Å². The van der Waals surface area contributed by atoms with E-state index in [2.05, 4.69) is 57.9 Å². The van der Waals surface area contributed by atoms with Crippen molar-refractivity contribution in [3.8, 4) is 11.5 Å². The van der Waals surface area contributed by atoms with E-state index in [1.165, 1.54) is 44.9 Å². The minimum Gasteiger partial charge on any atom is -0.507 e. The van der Waals surface area contributed by atoms with Crippen LogP contribution in [0.2, 0.25) is 0 Å². The summed E-state index contributed by atoms with van der Waals surface area (Å²) in [6, 6.07) is -1.40. The Morgan fingerprint density at radius 1 is 0.978 bits per heavy atom. The van der Waals surface area contributed by atoms with E-state index in [0.29, 0.717) is 6.54 Å². The number of ether oxygens (including phenoxy) is 2. The Kier molecular flexibility index (Phi) is 16.6. The van der Waals surface area contributed by atoms with Crippen LogP contribution >= 0.6 is 12.6 Å². The minimum absolute atomic E-state index is 0.149. The van der Waals surface area contributed by atoms with Gasteiger partial charge in [0.25, 0.3) is 0 Å². The highest BCUT2D eigenvalue weighted by molar-refractivity contribution is 7.80. The predicted octanol–water partition coefficient (Wildman–Crippen LogP) is 7.99. The highest BCUT2D eigenvalue weighted by Gasteiger charge is 2.35. The molecule has 8 heteroatoms. The summed E-state index contributed by atoms with van der Waals surface area (Å²) in [4.78, 5) is 24.9. The van der Waals surface area contributed by atoms with Crippen molar-refractivity contribution in [3.05, 3.63) is 22.3 Å². The average Bonchev–Trinajstić information content (AvgIpc) is 2.98. The van der Waals surface area contributed by atoms with Gasteiger partial charge in [0, 0.05) is 23.4 Å². The Morgan fingerprint density at radius 3 is 2.16 bits per heavy atom. The van der Waals surface area contributed by atoms with E-state index in [1.54, 1.807) is 13.8 Å². The number of thiol groups is 1. The molecule has 1 aromatic rings. The molecule has 2 rings (SSSR count). The molecule has 0 bridgehead atoms. The Balaban J connectivity index is 1.94. The topological polar surface area (TPSA) is 96.9 Å². The van der Waals surface area contributed by atoms with Crippen LogP contribution in [0.15, 0.2) is 0 Å². The lowest BCUT2D eigenvalue weighted by Gasteiger charge is -2.38. The van der Waals surface area contributed by atoms with Crippen LogP contribution in [-0.4, -0.2) is 47.0 Å². The lowest BCUT2D eigenvalue weighted by Crippen LogP contribution is -2.50. The summed E-state index contributed by atoms with van der Waals surface area (Å²) in [5.74, 6) is 2.83. The zero-order valence-corrected chi connectivity index (χ0v) is 30.7. The summed E-state index contributed by atoms with van der Waals surface area (Å²) < 4.78 is 11.8. The molecule has 1 aliphatic heterocycles. The molecule has 0 radical (unpaired) electrons. The van der Waals surface area contributed by atoms with Gasteiger partial charge in [0.15, 0.2) is 0 Å². The number of rotatable bonds is 20. The van der Waals surface area contributed by atoms with Gasteiger partial charge in [0.05, 0.1) is 12.6 Å². The Bertz CT molecular complexity index is 1090. The van der Waals surface area contributed by atoms with Crippen molar-refractivity contribution in [1.29, 1.82) is 0 Å². The zero-order valence-electron chi connectivity index (χ0n) is 29.8. The standard InChI is InChI=1S/C37H64N2O5S/c1-10-43-36(42)32(23-45)39-35(41)29(8)38-22-31-30-19-21-37(9,44-34(30)28(7)27(6)33(31)40)20-13-18-26(5)17-12-16-25(4)15-11-14-24(2)3/h24-26,29,32,38,40,45H,10-23H2,1-9H3,(H,39,41)/t25?,26?,29-,32-,37?/m0/s1. The van der Waals surface area contributed by atoms with Crippen LogP contribution < -0.4 is 15.4 Å². The fourth-order valence-corrected chi connectivity index (χ4v) is 6.65. The maximum Gasteiger partial charge on any atom is 0.329 e. The Hall–Kier alpha value is -1.93. The molecule has 7 nitrogen and oxygen atoms in total. The maximum atomic E-state index is 12.8. The highest BCUT2D eigenvalue weighted by atomic mass is 32.1. The molecular weight excluding hydrogens is 584 g/mol. The van der Waals surface area contributed by atoms with Gasteiger partial charge in [-0.05, 0) is 89.2 Å². The second-order valence-electron chi connectivity index (χ2n) is 14.4. The maximum absolute atomic E-state index is 12.8. The number of phenolic OH excluding ortho intramolecular Hbond substituents is 1. The van der Waals surface area contributed by atoms with E-state index in [1.807, 2.05) is 13.8 Å². The molecule has 3 unspecified atom stereocenters. The van der Waals surface area contributed by atoms with E-state index in [9.17, 15) is 14.7 Å². The van der Waals surface area contributed by atoms with Crippen molar-refractivity contribution in [1.82, 2.24) is 10.6 Å². The first-order chi connectivity index (χ1) is 21.2. The molecule has 0 spiro atoms. The number of aromatic hydroxyl groups is 1. The number of hydrogen-bond acceptors (Lipinski definition) is 7. The van der Waals surface area contributed by atoms with Gasteiger partial charge in [0.1, 0.15) is 23.1 Å². The number of hydrogen-bond donors (Lipinski definition) is 4. The second kappa shape index (κ2) is 19.0. The third-order valence-corrected chi connectivity index (χ3v) is 10.1. The van der Waals surface area contributed by atoms with E-state index < -0.39 is 18.1 Å². The fraction of sp³-hybridized carbons (Fsp3) is 0.784. The van der Waals surface area contributed by atoms with Crippen LogP contribution in [-0.2, 0) is 27.3 Å². The molecular formula is C37H64N2O5S. The van der Waals surface area contributed by atoms with Crippen molar-refractivity contribution in [3.63, 3.8) is 0 Å². The van der Waals surface area contributed by atoms with Crippen molar-refractivity contribution in [2.75, 3.05) is 12.4 Å². The first-order valence-corrected chi connectivity index (χ1v) is 18.2. The van der Waals surface area contributed by atoms with Crippen LogP contribution in [0.4, 0.5) is 0 Å². The number of carbonyl (C=O) groups excluding carboxylic acids is 2. The van der Waals surface area contributed by atoms with Crippen LogP contribution in [0.5, 0.6) is 11.5 Å². The van der Waals surface area contributed by atoms with E-state index in [4.69, 9.17) is 9.47 Å². The van der Waals surface area contributed by atoms with Gasteiger partial charge >= 0.3 is 5.97 Å². The number of amides is 1. The number of carbonyl (C=O) groups is 2. The first kappa shape index (κ1) is 39.2. The molecule has 1 heterocycles. The molecule has 3 N–H and O–H groups in total. The van der Waals surface area contributed by atoms with Gasteiger partial charge in [-0.3, -0.25) is 4.79 Å². The summed E-state index contributed by atoms with van der Waals surface area (Å²) in [5, 5.41) is 17.1. The Morgan fingerprint density at radius 2 is 1.58 bits per heavy atom. The largest absolute Gasteiger partial charge is 0.507 e. The van der Waals surface area contributed by atoms with Gasteiger partial charge in [0.2, 0.25) is 5.91 Å². The molecule has 0 saturated heterocycles. The minimum atomic E-state index is -0.810. The summed E-state index contributed by atoms with van der Waals surface area (Å²) in [6.45, 7) is 19.6. The number of fused-ring (bicyclic) bond motifs is 1. The van der Waals surface area contributed by atoms with Crippen molar-refractivity contribution in [2.24, 2.45) is 17.8 Å². The molecule has 1 aliphatic rings. The Labute approximate surface area is 279 Å². The second-order valence-corrected chi connectivity index (χ2v) is 14.8. The molecule has 0 aliphatic carbocycles. The molecule has 0 saturated carbocycles. The molecule has 0 fully saturated rings. The fourth-order valence-electron chi connectivity index (χ4n) is 6.41. The summed E-state index contributed by atoms with van der Waals surface area (Å²) in [7, 11) is 0. The molecule has 0 aromatic heterocycles. The summed E-state index contributed by atoms with van der Waals surface area (Å²) in [5.41, 5.74) is 3.33. The van der Waals surface area contributed by atoms with E-state index in [0.717, 1.165) is 71.4 Å². The lowest BCUT2D eigenvalue weighted by molar-refractivity contribution is -0.146. The van der Waals surface area contributed by atoms with Crippen molar-refractivity contribution >= 4 is 24.5 Å². The van der Waals surface area contributed by atoms with Crippen molar-refractivity contribution < 1.29 is 24.2 Å². The van der Waals surface area contributed by atoms with Gasteiger partial charge in [-0.25, -0.2) is 4.79 Å². The number of benzene rings is 1. The monoisotopic (exact) mass is 648 g/mol. The zero-order chi connectivity index (χ0) is 33.7. The molecule has 1 aromatic carbocycles. The summed E-state index contributed by atoms with van der Waals surface area (Å²) in [6.07, 6.45) is 13.1. The number of phenols is 1. The third kappa shape index (κ3) is 12.3. The number of nitrogens with one attached hydrogen (secondary N) is 2. The smallest absolute Gasteiger partial charge is 0.329 e. The lowest BCUT2D eigenvalue weighted by atomic mass is 9.83. The van der Waals surface area contributed by atoms with E-state index >= 15 is 0 Å². The normalized spacial score (nSPS) is 18.9. The van der Waals surface area contributed by atoms with Gasteiger partial charge in [-0.1, -0.05) is 72.6 Å². The predicted molar refractivity (Wildman–Crippen MR) is 188 cm³/mol. The van der Waals surface area contributed by atoms with Crippen LogP contribution in [0.25, 0.3) is 0 Å². The van der Waals surface area contributed by atoms with Gasteiger partial charge < -0.3 is 25.2 Å². The van der Waals surface area contributed by atoms with Crippen LogP contribution in [0, 0.1) is 31.6 Å². The SMILES string of the molecule is CCOC(=O)[C@H](CS)NC(=O)[C@H](C)NCc1c(O)c(C)c(C)c2c1CCC(C)(CCCC(C)CCCC(C)CCCC(C)C)O2. The van der Waals surface area contributed by atoms with Crippen LogP contribution in [0.1, 0.15) is 135 Å². The molecule has 1 amide bonds. The molecule has 258 valence electrons. The first-order valence-electron chi connectivity index (χ1n) is 17.6. The molecule has 5 atom stereocenters. The number of esters is 1. The van der Waals surface area contributed by atoms with Crippen LogP contribution in [0.3, 0.4) is 0 Å². The average molecular weight is 649 g/mol. The highest BCUT2D eigenvalue weighted by Crippen LogP contribution is 2.45. The van der Waals surface area contributed by atoms with Gasteiger partial charge in [-0.2, -0.15) is 12.6 Å². The third-order valence-electron chi connectivity index (χ3n) is 9.76. The quantitative estimate of drug-likeness (QED) is 0.0846. The van der Waals surface area contributed by atoms with Crippen molar-refractivity contribution in [2.45, 2.75) is 157 Å². The summed E-state index contributed by atoms with van der Waals surface area (Å²) >= 11 is 4.18. The van der Waals surface area contributed by atoms with E-state index in [-0.39, 0.29) is 29.6 Å².